The minimum atomic E-state index is 0.508. The molecule has 20 heavy (non-hydrogen) atoms. The number of nitrogens with zero attached hydrogens (tertiary/aromatic N) is 1. The highest BCUT2D eigenvalue weighted by molar-refractivity contribution is 5.39. The first-order chi connectivity index (χ1) is 9.54. The molecule has 0 aliphatic heterocycles. The molecule has 0 saturated heterocycles. The molecule has 0 aromatic heterocycles. The van der Waals surface area contributed by atoms with Gasteiger partial charge in [-0.3, -0.25) is 4.90 Å². The Morgan fingerprint density at radius 3 is 1.75 bits per heavy atom. The van der Waals surface area contributed by atoms with E-state index in [1.165, 1.54) is 16.7 Å². The smallest absolute Gasteiger partial charge is 0.0314 e. The maximum absolute atomic E-state index is 5.74. The molecule has 0 heterocycles. The van der Waals surface area contributed by atoms with Crippen LogP contribution in [0.1, 0.15) is 30.5 Å². The number of hydrogen-bond acceptors (Lipinski definition) is 2. The van der Waals surface area contributed by atoms with Crippen LogP contribution >= 0.6 is 0 Å². The summed E-state index contributed by atoms with van der Waals surface area (Å²) in [5.74, 6) is 0. The van der Waals surface area contributed by atoms with E-state index in [0.29, 0.717) is 6.04 Å². The Hall–Kier alpha value is -1.80. The molecule has 0 amide bonds. The molecule has 0 aliphatic rings. The first-order valence-corrected chi connectivity index (χ1v) is 7.18. The quantitative estimate of drug-likeness (QED) is 0.831. The zero-order valence-corrected chi connectivity index (χ0v) is 12.6. The zero-order chi connectivity index (χ0) is 14.5. The van der Waals surface area contributed by atoms with Gasteiger partial charge in [-0.25, -0.2) is 0 Å². The van der Waals surface area contributed by atoms with Crippen molar-refractivity contribution in [2.75, 3.05) is 5.73 Å². The summed E-state index contributed by atoms with van der Waals surface area (Å²) < 4.78 is 0. The van der Waals surface area contributed by atoms with Gasteiger partial charge in [0, 0.05) is 24.8 Å². The van der Waals surface area contributed by atoms with Crippen LogP contribution < -0.4 is 5.73 Å². The molecule has 0 bridgehead atoms. The summed E-state index contributed by atoms with van der Waals surface area (Å²) in [5.41, 5.74) is 10.5. The van der Waals surface area contributed by atoms with E-state index >= 15 is 0 Å². The van der Waals surface area contributed by atoms with Gasteiger partial charge >= 0.3 is 0 Å². The average molecular weight is 268 g/mol. The van der Waals surface area contributed by atoms with Gasteiger partial charge in [-0.15, -0.1) is 0 Å². The SMILES string of the molecule is Cc1ccc(CN(Cc2ccc(N)cc2)C(C)C)cc1. The van der Waals surface area contributed by atoms with E-state index in [0.717, 1.165) is 18.8 Å². The van der Waals surface area contributed by atoms with Gasteiger partial charge in [0.1, 0.15) is 0 Å². The van der Waals surface area contributed by atoms with Crippen molar-refractivity contribution in [2.45, 2.75) is 39.9 Å². The first kappa shape index (κ1) is 14.6. The first-order valence-electron chi connectivity index (χ1n) is 7.18. The highest BCUT2D eigenvalue weighted by Gasteiger charge is 2.10. The van der Waals surface area contributed by atoms with E-state index in [4.69, 9.17) is 5.73 Å². The number of benzene rings is 2. The van der Waals surface area contributed by atoms with Crippen molar-refractivity contribution in [3.63, 3.8) is 0 Å². The Morgan fingerprint density at radius 2 is 1.30 bits per heavy atom. The number of hydrogen-bond donors (Lipinski definition) is 1. The Labute approximate surface area is 122 Å². The minimum absolute atomic E-state index is 0.508. The maximum atomic E-state index is 5.74. The maximum Gasteiger partial charge on any atom is 0.0314 e. The monoisotopic (exact) mass is 268 g/mol. The molecule has 0 radical (unpaired) electrons. The van der Waals surface area contributed by atoms with Crippen LogP contribution in [0.2, 0.25) is 0 Å². The fraction of sp³-hybridized carbons (Fsp3) is 0.333. The van der Waals surface area contributed by atoms with Crippen molar-refractivity contribution >= 4 is 5.69 Å². The van der Waals surface area contributed by atoms with Gasteiger partial charge in [0.2, 0.25) is 0 Å². The molecule has 0 unspecified atom stereocenters. The van der Waals surface area contributed by atoms with Gasteiger partial charge in [0.05, 0.1) is 0 Å². The largest absolute Gasteiger partial charge is 0.399 e. The van der Waals surface area contributed by atoms with Crippen LogP contribution in [0.4, 0.5) is 5.69 Å². The third-order valence-corrected chi connectivity index (χ3v) is 3.60. The number of aryl methyl sites for hydroxylation is 1. The topological polar surface area (TPSA) is 29.3 Å². The van der Waals surface area contributed by atoms with Crippen molar-refractivity contribution in [3.05, 3.63) is 65.2 Å². The minimum Gasteiger partial charge on any atom is -0.399 e. The molecule has 2 aromatic rings. The van der Waals surface area contributed by atoms with Crippen molar-refractivity contribution in [1.82, 2.24) is 4.90 Å². The average Bonchev–Trinajstić information content (AvgIpc) is 2.42. The van der Waals surface area contributed by atoms with Gasteiger partial charge in [0.15, 0.2) is 0 Å². The zero-order valence-electron chi connectivity index (χ0n) is 12.6. The summed E-state index contributed by atoms with van der Waals surface area (Å²) in [6.45, 7) is 8.53. The van der Waals surface area contributed by atoms with E-state index in [-0.39, 0.29) is 0 Å². The normalized spacial score (nSPS) is 11.2. The number of nitrogen functional groups attached to an aromatic ring is 1. The van der Waals surface area contributed by atoms with Crippen LogP contribution in [0.3, 0.4) is 0 Å². The molecule has 0 saturated carbocycles. The summed E-state index contributed by atoms with van der Waals surface area (Å²) in [7, 11) is 0. The van der Waals surface area contributed by atoms with Gasteiger partial charge in [0.25, 0.3) is 0 Å². The lowest BCUT2D eigenvalue weighted by atomic mass is 10.1. The second-order valence-electron chi connectivity index (χ2n) is 5.73. The summed E-state index contributed by atoms with van der Waals surface area (Å²) in [4.78, 5) is 2.47. The fourth-order valence-corrected chi connectivity index (χ4v) is 2.21. The lowest BCUT2D eigenvalue weighted by Gasteiger charge is -2.26. The summed E-state index contributed by atoms with van der Waals surface area (Å²) >= 11 is 0. The van der Waals surface area contributed by atoms with Gasteiger partial charge in [-0.1, -0.05) is 42.0 Å². The lowest BCUT2D eigenvalue weighted by molar-refractivity contribution is 0.203. The van der Waals surface area contributed by atoms with Crippen LogP contribution in [0.25, 0.3) is 0 Å². The molecule has 0 aliphatic carbocycles. The van der Waals surface area contributed by atoms with Gasteiger partial charge < -0.3 is 5.73 Å². The van der Waals surface area contributed by atoms with Crippen LogP contribution in [0, 0.1) is 6.92 Å². The number of rotatable bonds is 5. The van der Waals surface area contributed by atoms with E-state index in [9.17, 15) is 0 Å². The molecular formula is C18H24N2. The van der Waals surface area contributed by atoms with Gasteiger partial charge in [-0.2, -0.15) is 0 Å². The van der Waals surface area contributed by atoms with E-state index < -0.39 is 0 Å². The second-order valence-corrected chi connectivity index (χ2v) is 5.73. The molecule has 2 nitrogen and oxygen atoms in total. The van der Waals surface area contributed by atoms with Gasteiger partial charge in [-0.05, 0) is 44.0 Å². The number of nitrogens with two attached hydrogens (primary N) is 1. The Morgan fingerprint density at radius 1 is 0.850 bits per heavy atom. The molecule has 2 N–H and O–H groups in total. The van der Waals surface area contributed by atoms with Crippen LogP contribution in [-0.4, -0.2) is 10.9 Å². The molecular weight excluding hydrogens is 244 g/mol. The molecule has 0 atom stereocenters. The number of anilines is 1. The predicted octanol–water partition coefficient (Wildman–Crippen LogP) is 3.99. The lowest BCUT2D eigenvalue weighted by Crippen LogP contribution is -2.29. The molecule has 2 heteroatoms. The summed E-state index contributed by atoms with van der Waals surface area (Å²) in [6.07, 6.45) is 0. The van der Waals surface area contributed by atoms with Crippen molar-refractivity contribution in [3.8, 4) is 0 Å². The van der Waals surface area contributed by atoms with Crippen LogP contribution in [0.15, 0.2) is 48.5 Å². The molecule has 0 spiro atoms. The van der Waals surface area contributed by atoms with Crippen molar-refractivity contribution < 1.29 is 0 Å². The third kappa shape index (κ3) is 4.10. The summed E-state index contributed by atoms with van der Waals surface area (Å²) in [6, 6.07) is 17.5. The highest BCUT2D eigenvalue weighted by Crippen LogP contribution is 2.15. The van der Waals surface area contributed by atoms with Crippen LogP contribution in [0.5, 0.6) is 0 Å². The highest BCUT2D eigenvalue weighted by atomic mass is 15.1. The molecule has 0 fully saturated rings. The second kappa shape index (κ2) is 6.58. The van der Waals surface area contributed by atoms with E-state index in [2.05, 4.69) is 62.1 Å². The molecule has 2 aromatic carbocycles. The fourth-order valence-electron chi connectivity index (χ4n) is 2.21. The molecule has 106 valence electrons. The Kier molecular flexibility index (Phi) is 4.80. The van der Waals surface area contributed by atoms with E-state index in [1.54, 1.807) is 0 Å². The predicted molar refractivity (Wildman–Crippen MR) is 86.4 cm³/mol. The Bertz CT molecular complexity index is 479. The summed E-state index contributed by atoms with van der Waals surface area (Å²) in [5, 5.41) is 0. The van der Waals surface area contributed by atoms with Crippen molar-refractivity contribution in [1.29, 1.82) is 0 Å². The van der Waals surface area contributed by atoms with Crippen molar-refractivity contribution in [2.24, 2.45) is 0 Å². The van der Waals surface area contributed by atoms with Crippen LogP contribution in [-0.2, 0) is 13.1 Å². The van der Waals surface area contributed by atoms with E-state index in [1.807, 2.05) is 12.1 Å². The standard InChI is InChI=1S/C18H24N2/c1-14(2)20(12-16-6-4-15(3)5-7-16)13-17-8-10-18(19)11-9-17/h4-11,14H,12-13,19H2,1-3H3. The molecule has 2 rings (SSSR count). The Balaban J connectivity index is 2.07. The third-order valence-electron chi connectivity index (χ3n) is 3.60.